The Kier molecular flexibility index (Phi) is 6.13. The van der Waals surface area contributed by atoms with E-state index < -0.39 is 11.7 Å². The van der Waals surface area contributed by atoms with Crippen LogP contribution < -0.4 is 4.90 Å². The molecule has 0 unspecified atom stereocenters. The van der Waals surface area contributed by atoms with Gasteiger partial charge in [0.05, 0.1) is 5.56 Å². The number of alkyl halides is 3. The number of unbranched alkanes of at least 4 members (excludes halogenated alkanes) is 2. The standard InChI is InChI=1S/C13H17BrF3NO/c1-18(7-3-2-4-8-19)12-6-5-10(14)9-11(12)13(15,16)17/h5-6,9,19H,2-4,7-8H2,1H3. The van der Waals surface area contributed by atoms with E-state index in [1.165, 1.54) is 6.07 Å². The number of nitrogens with zero attached hydrogens (tertiary/aromatic N) is 1. The third-order valence-electron chi connectivity index (χ3n) is 2.83. The van der Waals surface area contributed by atoms with Crippen LogP contribution in [0.5, 0.6) is 0 Å². The second-order valence-corrected chi connectivity index (χ2v) is 5.28. The Morgan fingerprint density at radius 1 is 1.21 bits per heavy atom. The fourth-order valence-electron chi connectivity index (χ4n) is 1.83. The molecule has 0 aliphatic heterocycles. The van der Waals surface area contributed by atoms with E-state index in [0.29, 0.717) is 17.4 Å². The number of halogens is 4. The summed E-state index contributed by atoms with van der Waals surface area (Å²) >= 11 is 3.06. The molecule has 0 fully saturated rings. The van der Waals surface area contributed by atoms with Crippen LogP contribution in [0.2, 0.25) is 0 Å². The van der Waals surface area contributed by atoms with Crippen molar-refractivity contribution in [3.63, 3.8) is 0 Å². The smallest absolute Gasteiger partial charge is 0.396 e. The summed E-state index contributed by atoms with van der Waals surface area (Å²) in [7, 11) is 1.65. The number of hydrogen-bond acceptors (Lipinski definition) is 2. The van der Waals surface area contributed by atoms with Crippen LogP contribution in [0.3, 0.4) is 0 Å². The van der Waals surface area contributed by atoms with E-state index in [1.807, 2.05) is 0 Å². The third-order valence-corrected chi connectivity index (χ3v) is 3.32. The second kappa shape index (κ2) is 7.14. The van der Waals surface area contributed by atoms with Crippen molar-refractivity contribution in [3.8, 4) is 0 Å². The first kappa shape index (κ1) is 16.3. The van der Waals surface area contributed by atoms with Gasteiger partial charge in [-0.2, -0.15) is 13.2 Å². The van der Waals surface area contributed by atoms with Crippen molar-refractivity contribution in [2.24, 2.45) is 0 Å². The lowest BCUT2D eigenvalue weighted by Crippen LogP contribution is -2.22. The van der Waals surface area contributed by atoms with Crippen LogP contribution in [-0.4, -0.2) is 25.3 Å². The molecule has 0 aliphatic carbocycles. The summed E-state index contributed by atoms with van der Waals surface area (Å²) in [4.78, 5) is 1.60. The molecule has 0 amide bonds. The number of rotatable bonds is 6. The van der Waals surface area contributed by atoms with Gasteiger partial charge in [-0.1, -0.05) is 15.9 Å². The summed E-state index contributed by atoms with van der Waals surface area (Å²) in [6.07, 6.45) is -2.12. The molecule has 6 heteroatoms. The van der Waals surface area contributed by atoms with E-state index >= 15 is 0 Å². The van der Waals surface area contributed by atoms with E-state index in [-0.39, 0.29) is 12.3 Å². The van der Waals surface area contributed by atoms with E-state index in [0.717, 1.165) is 18.9 Å². The first-order chi connectivity index (χ1) is 8.86. The highest BCUT2D eigenvalue weighted by Gasteiger charge is 2.34. The number of anilines is 1. The van der Waals surface area contributed by atoms with Crippen LogP contribution in [0.1, 0.15) is 24.8 Å². The molecule has 0 aliphatic rings. The van der Waals surface area contributed by atoms with E-state index in [2.05, 4.69) is 15.9 Å². The van der Waals surface area contributed by atoms with E-state index in [9.17, 15) is 13.2 Å². The molecule has 0 spiro atoms. The maximum absolute atomic E-state index is 13.0. The topological polar surface area (TPSA) is 23.5 Å². The first-order valence-electron chi connectivity index (χ1n) is 6.05. The maximum Gasteiger partial charge on any atom is 0.418 e. The number of hydrogen-bond donors (Lipinski definition) is 1. The zero-order valence-corrected chi connectivity index (χ0v) is 12.3. The molecule has 1 aromatic rings. The van der Waals surface area contributed by atoms with Gasteiger partial charge in [0.15, 0.2) is 0 Å². The minimum absolute atomic E-state index is 0.121. The minimum Gasteiger partial charge on any atom is -0.396 e. The van der Waals surface area contributed by atoms with Gasteiger partial charge in [-0.3, -0.25) is 0 Å². The molecule has 0 bridgehead atoms. The van der Waals surface area contributed by atoms with Crippen LogP contribution >= 0.6 is 15.9 Å². The zero-order valence-electron chi connectivity index (χ0n) is 10.7. The lowest BCUT2D eigenvalue weighted by Gasteiger charge is -2.23. The predicted octanol–water partition coefficient (Wildman–Crippen LogP) is 4.07. The molecule has 1 N–H and O–H groups in total. The maximum atomic E-state index is 13.0. The molecule has 0 aromatic heterocycles. The number of benzene rings is 1. The van der Waals surface area contributed by atoms with Crippen molar-refractivity contribution in [3.05, 3.63) is 28.2 Å². The number of aliphatic hydroxyl groups is 1. The second-order valence-electron chi connectivity index (χ2n) is 4.37. The van der Waals surface area contributed by atoms with Gasteiger partial charge in [-0.15, -0.1) is 0 Å². The van der Waals surface area contributed by atoms with Crippen LogP contribution in [0.15, 0.2) is 22.7 Å². The Balaban J connectivity index is 2.81. The zero-order chi connectivity index (χ0) is 14.5. The molecule has 1 rings (SSSR count). The molecular weight excluding hydrogens is 323 g/mol. The van der Waals surface area contributed by atoms with Gasteiger partial charge >= 0.3 is 6.18 Å². The van der Waals surface area contributed by atoms with Gasteiger partial charge in [0.2, 0.25) is 0 Å². The highest BCUT2D eigenvalue weighted by molar-refractivity contribution is 9.10. The monoisotopic (exact) mass is 339 g/mol. The summed E-state index contributed by atoms with van der Waals surface area (Å²) < 4.78 is 39.3. The number of aliphatic hydroxyl groups excluding tert-OH is 1. The van der Waals surface area contributed by atoms with Crippen LogP contribution in [0, 0.1) is 0 Å². The van der Waals surface area contributed by atoms with Crippen molar-refractivity contribution >= 4 is 21.6 Å². The molecule has 0 saturated heterocycles. The Bertz CT molecular complexity index is 409. The van der Waals surface area contributed by atoms with Gasteiger partial charge in [0, 0.05) is 30.4 Å². The van der Waals surface area contributed by atoms with Crippen LogP contribution in [0.4, 0.5) is 18.9 Å². The Morgan fingerprint density at radius 3 is 2.47 bits per heavy atom. The predicted molar refractivity (Wildman–Crippen MR) is 73.4 cm³/mol. The van der Waals surface area contributed by atoms with E-state index in [1.54, 1.807) is 18.0 Å². The minimum atomic E-state index is -4.36. The van der Waals surface area contributed by atoms with Gasteiger partial charge in [0.1, 0.15) is 0 Å². The van der Waals surface area contributed by atoms with Gasteiger partial charge in [-0.05, 0) is 37.5 Å². The molecular formula is C13H17BrF3NO. The summed E-state index contributed by atoms with van der Waals surface area (Å²) in [5, 5.41) is 8.66. The van der Waals surface area contributed by atoms with Crippen molar-refractivity contribution in [1.82, 2.24) is 0 Å². The fourth-order valence-corrected chi connectivity index (χ4v) is 2.19. The lowest BCUT2D eigenvalue weighted by molar-refractivity contribution is -0.137. The Labute approximate surface area is 119 Å². The fraction of sp³-hybridized carbons (Fsp3) is 0.538. The first-order valence-corrected chi connectivity index (χ1v) is 6.84. The van der Waals surface area contributed by atoms with Crippen molar-refractivity contribution in [2.75, 3.05) is 25.1 Å². The van der Waals surface area contributed by atoms with Gasteiger partial charge < -0.3 is 10.0 Å². The Hall–Kier alpha value is -0.750. The highest BCUT2D eigenvalue weighted by atomic mass is 79.9. The molecule has 1 aromatic carbocycles. The highest BCUT2D eigenvalue weighted by Crippen LogP contribution is 2.37. The SMILES string of the molecule is CN(CCCCCO)c1ccc(Br)cc1C(F)(F)F. The van der Waals surface area contributed by atoms with Crippen molar-refractivity contribution < 1.29 is 18.3 Å². The summed E-state index contributed by atoms with van der Waals surface area (Å²) in [6, 6.07) is 4.17. The summed E-state index contributed by atoms with van der Waals surface area (Å²) in [6.45, 7) is 0.653. The molecule has 0 radical (unpaired) electrons. The molecule has 19 heavy (non-hydrogen) atoms. The van der Waals surface area contributed by atoms with E-state index in [4.69, 9.17) is 5.11 Å². The van der Waals surface area contributed by atoms with Gasteiger partial charge in [-0.25, -0.2) is 0 Å². The lowest BCUT2D eigenvalue weighted by atomic mass is 10.1. The van der Waals surface area contributed by atoms with Crippen molar-refractivity contribution in [1.29, 1.82) is 0 Å². The summed E-state index contributed by atoms with van der Waals surface area (Å²) in [5.41, 5.74) is -0.453. The van der Waals surface area contributed by atoms with Crippen molar-refractivity contribution in [2.45, 2.75) is 25.4 Å². The van der Waals surface area contributed by atoms with Gasteiger partial charge in [0.25, 0.3) is 0 Å². The molecule has 0 heterocycles. The third kappa shape index (κ3) is 5.03. The quantitative estimate of drug-likeness (QED) is 0.790. The van der Waals surface area contributed by atoms with Crippen LogP contribution in [-0.2, 0) is 6.18 Å². The largest absolute Gasteiger partial charge is 0.418 e. The Morgan fingerprint density at radius 2 is 1.89 bits per heavy atom. The molecule has 0 atom stereocenters. The normalized spacial score (nSPS) is 11.7. The average molecular weight is 340 g/mol. The molecule has 2 nitrogen and oxygen atoms in total. The molecule has 0 saturated carbocycles. The summed E-state index contributed by atoms with van der Waals surface area (Å²) in [5.74, 6) is 0. The van der Waals surface area contributed by atoms with Crippen LogP contribution in [0.25, 0.3) is 0 Å². The average Bonchev–Trinajstić information content (AvgIpc) is 2.33. The molecule has 108 valence electrons.